The van der Waals surface area contributed by atoms with Gasteiger partial charge < -0.3 is 9.30 Å². The average Bonchev–Trinajstić information content (AvgIpc) is 2.87. The predicted octanol–water partition coefficient (Wildman–Crippen LogP) is 2.00. The van der Waals surface area contributed by atoms with Gasteiger partial charge in [0.2, 0.25) is 0 Å². The van der Waals surface area contributed by atoms with E-state index in [1.54, 1.807) is 31.2 Å². The van der Waals surface area contributed by atoms with Crippen LogP contribution in [0.2, 0.25) is 0 Å². The van der Waals surface area contributed by atoms with Crippen LogP contribution in [0, 0.1) is 4.91 Å². The largest absolute Gasteiger partial charge is 0.497 e. The normalized spacial score (nSPS) is 10.0. The molecule has 6 nitrogen and oxygen atoms in total. The Labute approximate surface area is 98.4 Å². The summed E-state index contributed by atoms with van der Waals surface area (Å²) in [6, 6.07) is 7.52. The van der Waals surface area contributed by atoms with Crippen molar-refractivity contribution in [3.05, 3.63) is 41.7 Å². The van der Waals surface area contributed by atoms with Crippen LogP contribution in [0.3, 0.4) is 0 Å². The summed E-state index contributed by atoms with van der Waals surface area (Å²) < 4.78 is 6.88. The van der Waals surface area contributed by atoms with E-state index in [9.17, 15) is 4.91 Å². The Balaban J connectivity index is 2.27. The van der Waals surface area contributed by atoms with E-state index in [-0.39, 0.29) is 0 Å². The lowest BCUT2D eigenvalue weighted by Crippen LogP contribution is -2.06. The van der Waals surface area contributed by atoms with E-state index < -0.39 is 0 Å². The molecule has 0 amide bonds. The summed E-state index contributed by atoms with van der Waals surface area (Å²) in [5.41, 5.74) is 0.934. The fraction of sp³-hybridized carbons (Fsp3) is 0.182. The SMILES string of the molecule is COc1ccc(-n2cnc(N(C)N=O)c2)cc1. The van der Waals surface area contributed by atoms with Crippen molar-refractivity contribution in [2.24, 2.45) is 5.29 Å². The average molecular weight is 232 g/mol. The third-order valence-electron chi connectivity index (χ3n) is 2.39. The molecule has 6 heteroatoms. The molecule has 0 aliphatic heterocycles. The zero-order valence-corrected chi connectivity index (χ0v) is 9.57. The fourth-order valence-electron chi connectivity index (χ4n) is 1.42. The summed E-state index contributed by atoms with van der Waals surface area (Å²) in [5, 5.41) is 3.95. The number of benzene rings is 1. The first-order valence-electron chi connectivity index (χ1n) is 5.00. The van der Waals surface area contributed by atoms with Gasteiger partial charge in [0.1, 0.15) is 12.1 Å². The van der Waals surface area contributed by atoms with Gasteiger partial charge in [0.25, 0.3) is 0 Å². The highest BCUT2D eigenvalue weighted by atomic mass is 16.5. The number of nitrogens with zero attached hydrogens (tertiary/aromatic N) is 4. The molecule has 0 radical (unpaired) electrons. The molecule has 0 atom stereocenters. The number of methoxy groups -OCH3 is 1. The Morgan fingerprint density at radius 3 is 2.65 bits per heavy atom. The monoisotopic (exact) mass is 232 g/mol. The molecule has 17 heavy (non-hydrogen) atoms. The van der Waals surface area contributed by atoms with E-state index in [0.717, 1.165) is 11.4 Å². The second-order valence-electron chi connectivity index (χ2n) is 3.44. The lowest BCUT2D eigenvalue weighted by molar-refractivity contribution is 0.415. The van der Waals surface area contributed by atoms with E-state index >= 15 is 0 Å². The maximum absolute atomic E-state index is 10.3. The lowest BCUT2D eigenvalue weighted by Gasteiger charge is -2.04. The quantitative estimate of drug-likeness (QED) is 0.597. The van der Waals surface area contributed by atoms with Crippen molar-refractivity contribution in [2.45, 2.75) is 0 Å². The summed E-state index contributed by atoms with van der Waals surface area (Å²) in [7, 11) is 3.17. The molecule has 0 aliphatic carbocycles. The third kappa shape index (κ3) is 2.25. The minimum atomic E-state index is 0.496. The first-order chi connectivity index (χ1) is 8.24. The van der Waals surface area contributed by atoms with Gasteiger partial charge >= 0.3 is 0 Å². The van der Waals surface area contributed by atoms with Crippen LogP contribution >= 0.6 is 0 Å². The van der Waals surface area contributed by atoms with Crippen molar-refractivity contribution in [3.63, 3.8) is 0 Å². The van der Waals surface area contributed by atoms with Gasteiger partial charge in [0.05, 0.1) is 18.6 Å². The molecule has 2 rings (SSSR count). The van der Waals surface area contributed by atoms with Crippen LogP contribution in [-0.4, -0.2) is 23.7 Å². The molecular formula is C11H12N4O2. The van der Waals surface area contributed by atoms with Crippen molar-refractivity contribution in [2.75, 3.05) is 19.2 Å². The summed E-state index contributed by atoms with van der Waals surface area (Å²) in [5.74, 6) is 1.29. The molecule has 0 bridgehead atoms. The Morgan fingerprint density at radius 2 is 2.06 bits per heavy atom. The number of rotatable bonds is 4. The molecule has 1 aromatic carbocycles. The van der Waals surface area contributed by atoms with E-state index in [1.807, 2.05) is 24.3 Å². The van der Waals surface area contributed by atoms with Crippen molar-refractivity contribution < 1.29 is 4.74 Å². The molecule has 1 heterocycles. The summed E-state index contributed by atoms with van der Waals surface area (Å²) in [4.78, 5) is 14.4. The Bertz CT molecular complexity index is 506. The molecule has 88 valence electrons. The maximum Gasteiger partial charge on any atom is 0.169 e. The molecule has 0 unspecified atom stereocenters. The zero-order valence-electron chi connectivity index (χ0n) is 9.57. The number of aromatic nitrogens is 2. The predicted molar refractivity (Wildman–Crippen MR) is 64.3 cm³/mol. The van der Waals surface area contributed by atoms with Gasteiger partial charge in [-0.3, -0.25) is 0 Å². The molecule has 0 N–H and O–H groups in total. The second-order valence-corrected chi connectivity index (χ2v) is 3.44. The van der Waals surface area contributed by atoms with Crippen LogP contribution in [0.5, 0.6) is 5.75 Å². The Morgan fingerprint density at radius 1 is 1.35 bits per heavy atom. The molecule has 1 aromatic heterocycles. The topological polar surface area (TPSA) is 59.7 Å². The van der Waals surface area contributed by atoms with Crippen molar-refractivity contribution in [1.29, 1.82) is 0 Å². The highest BCUT2D eigenvalue weighted by molar-refractivity contribution is 5.42. The van der Waals surface area contributed by atoms with Gasteiger partial charge in [-0.15, -0.1) is 4.91 Å². The highest BCUT2D eigenvalue weighted by Crippen LogP contribution is 2.17. The number of ether oxygens (including phenoxy) is 1. The second kappa shape index (κ2) is 4.65. The van der Waals surface area contributed by atoms with Crippen LogP contribution in [0.4, 0.5) is 5.82 Å². The lowest BCUT2D eigenvalue weighted by atomic mass is 10.3. The van der Waals surface area contributed by atoms with Crippen LogP contribution in [0.25, 0.3) is 5.69 Å². The van der Waals surface area contributed by atoms with E-state index in [1.165, 1.54) is 5.01 Å². The highest BCUT2D eigenvalue weighted by Gasteiger charge is 2.05. The van der Waals surface area contributed by atoms with Crippen molar-refractivity contribution in [1.82, 2.24) is 9.55 Å². The van der Waals surface area contributed by atoms with E-state index in [4.69, 9.17) is 4.74 Å². The minimum absolute atomic E-state index is 0.496. The maximum atomic E-state index is 10.3. The number of nitroso groups, excluding NO2 is 1. The number of hydrogen-bond acceptors (Lipinski definition) is 4. The van der Waals surface area contributed by atoms with E-state index in [2.05, 4.69) is 10.3 Å². The summed E-state index contributed by atoms with van der Waals surface area (Å²) >= 11 is 0. The third-order valence-corrected chi connectivity index (χ3v) is 2.39. The Kier molecular flexibility index (Phi) is 3.04. The Hall–Kier alpha value is -2.37. The van der Waals surface area contributed by atoms with Crippen molar-refractivity contribution >= 4 is 5.82 Å². The zero-order chi connectivity index (χ0) is 12.3. The standard InChI is InChI=1S/C11H12N4O2/c1-14(13-16)11-7-15(8-12-11)9-3-5-10(17-2)6-4-9/h3-8H,1-2H3. The molecule has 0 aliphatic rings. The number of anilines is 1. The number of hydrogen-bond donors (Lipinski definition) is 0. The molecule has 0 saturated carbocycles. The van der Waals surface area contributed by atoms with Crippen LogP contribution in [-0.2, 0) is 0 Å². The first-order valence-corrected chi connectivity index (χ1v) is 5.00. The smallest absolute Gasteiger partial charge is 0.169 e. The van der Waals surface area contributed by atoms with Crippen LogP contribution in [0.15, 0.2) is 42.1 Å². The van der Waals surface area contributed by atoms with Gasteiger partial charge in [-0.25, -0.2) is 9.99 Å². The minimum Gasteiger partial charge on any atom is -0.497 e. The summed E-state index contributed by atoms with van der Waals surface area (Å²) in [6.07, 6.45) is 3.35. The van der Waals surface area contributed by atoms with E-state index in [0.29, 0.717) is 5.82 Å². The number of imidazole rings is 1. The molecular weight excluding hydrogens is 220 g/mol. The summed E-state index contributed by atoms with van der Waals surface area (Å²) in [6.45, 7) is 0. The van der Waals surface area contributed by atoms with Gasteiger partial charge in [0.15, 0.2) is 5.82 Å². The van der Waals surface area contributed by atoms with Gasteiger partial charge in [0, 0.05) is 12.7 Å². The molecule has 0 fully saturated rings. The van der Waals surface area contributed by atoms with Crippen molar-refractivity contribution in [3.8, 4) is 11.4 Å². The van der Waals surface area contributed by atoms with Gasteiger partial charge in [-0.05, 0) is 24.3 Å². The van der Waals surface area contributed by atoms with Crippen LogP contribution < -0.4 is 9.75 Å². The fourth-order valence-corrected chi connectivity index (χ4v) is 1.42. The molecule has 0 spiro atoms. The molecule has 2 aromatic rings. The van der Waals surface area contributed by atoms with Gasteiger partial charge in [-0.1, -0.05) is 0 Å². The first kappa shape index (κ1) is 11.1. The molecule has 0 saturated heterocycles. The van der Waals surface area contributed by atoms with Gasteiger partial charge in [-0.2, -0.15) is 0 Å². The van der Waals surface area contributed by atoms with Crippen LogP contribution in [0.1, 0.15) is 0 Å².